The van der Waals surface area contributed by atoms with Crippen LogP contribution in [0.1, 0.15) is 42.1 Å². The molecule has 2 fully saturated rings. The lowest BCUT2D eigenvalue weighted by molar-refractivity contribution is 0.0669. The summed E-state index contributed by atoms with van der Waals surface area (Å²) in [6, 6.07) is 6.50. The molecule has 6 nitrogen and oxygen atoms in total. The zero-order valence-corrected chi connectivity index (χ0v) is 17.5. The number of amides is 1. The molecule has 4 rings (SSSR count). The lowest BCUT2D eigenvalue weighted by Gasteiger charge is -2.35. The molecule has 0 radical (unpaired) electrons. The number of carbonyl (C=O) groups is 1. The molecule has 0 spiro atoms. The fourth-order valence-electron chi connectivity index (χ4n) is 4.05. The van der Waals surface area contributed by atoms with E-state index in [1.807, 2.05) is 7.05 Å². The average Bonchev–Trinajstić information content (AvgIpc) is 3.15. The van der Waals surface area contributed by atoms with Crippen molar-refractivity contribution in [1.29, 1.82) is 0 Å². The summed E-state index contributed by atoms with van der Waals surface area (Å²) in [5, 5.41) is 8.93. The van der Waals surface area contributed by atoms with E-state index in [4.69, 9.17) is 23.2 Å². The number of carbonyl (C=O) groups excluding carboxylic acids is 1. The van der Waals surface area contributed by atoms with Crippen LogP contribution in [0.4, 0.5) is 0 Å². The number of para-hydroxylation sites is 1. The number of aromatic nitrogens is 3. The average molecular weight is 431 g/mol. The maximum absolute atomic E-state index is 12.9. The Kier molecular flexibility index (Phi) is 6.01. The fourth-order valence-corrected chi connectivity index (χ4v) is 4.61. The number of hydrogen-bond donors (Lipinski definition) is 1. The van der Waals surface area contributed by atoms with E-state index in [9.17, 15) is 4.79 Å². The van der Waals surface area contributed by atoms with E-state index < -0.39 is 0 Å². The molecular weight excluding hydrogens is 409 g/mol. The third kappa shape index (κ3) is 3.81. The fraction of sp³-hybridized carbons (Fsp3) is 0.500. The molecule has 1 aromatic carbocycles. The number of nitrogens with one attached hydrogen (secondary N) is 1. The largest absolute Gasteiger partial charge is 0.336 e. The second-order valence-electron chi connectivity index (χ2n) is 7.14. The van der Waals surface area contributed by atoms with Crippen LogP contribution in [0.25, 0.3) is 5.69 Å². The van der Waals surface area contributed by atoms with Crippen molar-refractivity contribution in [2.75, 3.05) is 7.05 Å². The maximum Gasteiger partial charge on any atom is 0.293 e. The standard InChI is InChI=1S/C18H21Cl2N5O.ClH/c1-10-21-17(23-25(10)16-14(19)4-3-5-15(16)20)18(26)24(2)13-8-11-6-7-12(9-13)22-11;/h3-5,11-13,22H,6-9H2,1-2H3;1H. The monoisotopic (exact) mass is 429 g/mol. The maximum atomic E-state index is 12.9. The van der Waals surface area contributed by atoms with Crippen LogP contribution in [0, 0.1) is 6.92 Å². The number of aryl methyl sites for hydroxylation is 1. The van der Waals surface area contributed by atoms with Gasteiger partial charge in [-0.25, -0.2) is 9.67 Å². The van der Waals surface area contributed by atoms with Gasteiger partial charge in [-0.05, 0) is 44.7 Å². The minimum absolute atomic E-state index is 0. The van der Waals surface area contributed by atoms with Gasteiger partial charge in [-0.3, -0.25) is 4.79 Å². The van der Waals surface area contributed by atoms with E-state index in [0.29, 0.717) is 33.6 Å². The Morgan fingerprint density at radius 3 is 2.41 bits per heavy atom. The molecule has 2 aliphatic rings. The van der Waals surface area contributed by atoms with Crippen molar-refractivity contribution in [3.63, 3.8) is 0 Å². The first kappa shape index (κ1) is 20.4. The number of hydrogen-bond acceptors (Lipinski definition) is 4. The van der Waals surface area contributed by atoms with Crippen molar-refractivity contribution >= 4 is 41.5 Å². The lowest BCUT2D eigenvalue weighted by Crippen LogP contribution is -2.48. The SMILES string of the molecule is Cc1nc(C(=O)N(C)C2CC3CCC(C2)N3)nn1-c1c(Cl)cccc1Cl.Cl. The minimum Gasteiger partial charge on any atom is -0.336 e. The molecule has 2 saturated heterocycles. The van der Waals surface area contributed by atoms with Gasteiger partial charge in [0.05, 0.1) is 10.0 Å². The molecule has 146 valence electrons. The first-order chi connectivity index (χ1) is 12.4. The summed E-state index contributed by atoms with van der Waals surface area (Å²) in [5.74, 6) is 0.579. The Morgan fingerprint density at radius 1 is 1.22 bits per heavy atom. The van der Waals surface area contributed by atoms with E-state index >= 15 is 0 Å². The topological polar surface area (TPSA) is 63.1 Å². The molecule has 0 saturated carbocycles. The third-order valence-electron chi connectivity index (χ3n) is 5.43. The summed E-state index contributed by atoms with van der Waals surface area (Å²) in [5.41, 5.74) is 0.544. The highest BCUT2D eigenvalue weighted by atomic mass is 35.5. The zero-order chi connectivity index (χ0) is 18.4. The van der Waals surface area contributed by atoms with Crippen LogP contribution in [-0.2, 0) is 0 Å². The van der Waals surface area contributed by atoms with Crippen molar-refractivity contribution in [2.24, 2.45) is 0 Å². The van der Waals surface area contributed by atoms with Crippen LogP contribution in [0.2, 0.25) is 10.0 Å². The quantitative estimate of drug-likeness (QED) is 0.807. The molecule has 0 aliphatic carbocycles. The van der Waals surface area contributed by atoms with E-state index in [1.54, 1.807) is 30.0 Å². The molecule has 2 unspecified atom stereocenters. The van der Waals surface area contributed by atoms with E-state index in [2.05, 4.69) is 15.4 Å². The predicted molar refractivity (Wildman–Crippen MR) is 108 cm³/mol. The zero-order valence-electron chi connectivity index (χ0n) is 15.2. The molecule has 2 bridgehead atoms. The first-order valence-corrected chi connectivity index (χ1v) is 9.61. The Bertz CT molecular complexity index is 823. The number of halogens is 3. The van der Waals surface area contributed by atoms with E-state index in [1.165, 1.54) is 17.5 Å². The normalized spacial score (nSPS) is 23.8. The summed E-state index contributed by atoms with van der Waals surface area (Å²) >= 11 is 12.5. The summed E-state index contributed by atoms with van der Waals surface area (Å²) in [6.45, 7) is 1.79. The van der Waals surface area contributed by atoms with Crippen LogP contribution in [0.3, 0.4) is 0 Å². The smallest absolute Gasteiger partial charge is 0.293 e. The van der Waals surface area contributed by atoms with Crippen LogP contribution in [-0.4, -0.2) is 50.7 Å². The van der Waals surface area contributed by atoms with Crippen molar-refractivity contribution in [3.8, 4) is 5.69 Å². The van der Waals surface area contributed by atoms with Crippen molar-refractivity contribution < 1.29 is 4.79 Å². The van der Waals surface area contributed by atoms with Gasteiger partial charge >= 0.3 is 0 Å². The third-order valence-corrected chi connectivity index (χ3v) is 6.04. The Labute approximate surface area is 174 Å². The van der Waals surface area contributed by atoms with Gasteiger partial charge in [0.2, 0.25) is 5.82 Å². The summed E-state index contributed by atoms with van der Waals surface area (Å²) in [6.07, 6.45) is 4.35. The van der Waals surface area contributed by atoms with E-state index in [-0.39, 0.29) is 30.2 Å². The van der Waals surface area contributed by atoms with Gasteiger partial charge in [-0.1, -0.05) is 29.3 Å². The summed E-state index contributed by atoms with van der Waals surface area (Å²) in [7, 11) is 1.84. The molecule has 1 amide bonds. The Balaban J connectivity index is 0.00000210. The van der Waals surface area contributed by atoms with Crippen LogP contribution >= 0.6 is 35.6 Å². The number of fused-ring (bicyclic) bond motifs is 2. The molecule has 2 aromatic rings. The second-order valence-corrected chi connectivity index (χ2v) is 7.96. The van der Waals surface area contributed by atoms with Crippen molar-refractivity contribution in [1.82, 2.24) is 25.0 Å². The van der Waals surface area contributed by atoms with Crippen molar-refractivity contribution in [2.45, 2.75) is 50.7 Å². The number of nitrogens with zero attached hydrogens (tertiary/aromatic N) is 4. The van der Waals surface area contributed by atoms with Gasteiger partial charge in [0.15, 0.2) is 0 Å². The van der Waals surface area contributed by atoms with E-state index in [0.717, 1.165) is 12.8 Å². The van der Waals surface area contributed by atoms with Crippen LogP contribution < -0.4 is 5.32 Å². The van der Waals surface area contributed by atoms with Gasteiger partial charge in [-0.15, -0.1) is 17.5 Å². The Morgan fingerprint density at radius 2 is 1.81 bits per heavy atom. The number of piperidine rings is 1. The molecule has 9 heteroatoms. The van der Waals surface area contributed by atoms with Gasteiger partial charge in [-0.2, -0.15) is 0 Å². The molecular formula is C18H22Cl3N5O. The highest BCUT2D eigenvalue weighted by Crippen LogP contribution is 2.31. The highest BCUT2D eigenvalue weighted by molar-refractivity contribution is 6.37. The Hall–Kier alpha value is -1.34. The lowest BCUT2D eigenvalue weighted by atomic mass is 9.98. The van der Waals surface area contributed by atoms with Gasteiger partial charge in [0.25, 0.3) is 5.91 Å². The molecule has 2 atom stereocenters. The first-order valence-electron chi connectivity index (χ1n) is 8.85. The molecule has 27 heavy (non-hydrogen) atoms. The van der Waals surface area contributed by atoms with Crippen LogP contribution in [0.5, 0.6) is 0 Å². The van der Waals surface area contributed by atoms with Gasteiger partial charge in [0, 0.05) is 25.2 Å². The minimum atomic E-state index is -0.165. The molecule has 2 aliphatic heterocycles. The molecule has 1 aromatic heterocycles. The predicted octanol–water partition coefficient (Wildman–Crippen LogP) is 3.66. The number of rotatable bonds is 3. The van der Waals surface area contributed by atoms with Gasteiger partial charge < -0.3 is 10.2 Å². The number of benzene rings is 1. The highest BCUT2D eigenvalue weighted by Gasteiger charge is 2.37. The van der Waals surface area contributed by atoms with Crippen LogP contribution in [0.15, 0.2) is 18.2 Å². The van der Waals surface area contributed by atoms with Gasteiger partial charge in [0.1, 0.15) is 11.5 Å². The molecule has 3 heterocycles. The summed E-state index contributed by atoms with van der Waals surface area (Å²) in [4.78, 5) is 19.1. The second kappa shape index (κ2) is 7.95. The summed E-state index contributed by atoms with van der Waals surface area (Å²) < 4.78 is 1.54. The molecule has 1 N–H and O–H groups in total. The van der Waals surface area contributed by atoms with Crippen molar-refractivity contribution in [3.05, 3.63) is 39.9 Å².